The summed E-state index contributed by atoms with van der Waals surface area (Å²) in [5, 5.41) is 0. The van der Waals surface area contributed by atoms with Crippen LogP contribution in [0.1, 0.15) is 17.0 Å². The maximum atomic E-state index is 5.56. The average molecular weight is 180 g/mol. The van der Waals surface area contributed by atoms with E-state index in [1.54, 1.807) is 0 Å². The Hall–Kier alpha value is -1.20. The predicted octanol–water partition coefficient (Wildman–Crippen LogP) is -0.410. The van der Waals surface area contributed by atoms with Gasteiger partial charge in [-0.2, -0.15) is 0 Å². The van der Waals surface area contributed by atoms with E-state index in [0.29, 0.717) is 19.8 Å². The van der Waals surface area contributed by atoms with Crippen LogP contribution < -0.4 is 11.5 Å². The fourth-order valence-electron chi connectivity index (χ4n) is 1.52. The lowest BCUT2D eigenvalue weighted by atomic mass is 10.1. The highest BCUT2D eigenvalue weighted by atomic mass is 16.5. The normalized spacial score (nSPS) is 15.5. The Kier molecular flexibility index (Phi) is 2.12. The molecule has 0 amide bonds. The fourth-order valence-corrected chi connectivity index (χ4v) is 1.52. The molecule has 70 valence electrons. The molecule has 13 heavy (non-hydrogen) atoms. The number of nitrogen functional groups attached to an aromatic ring is 1. The van der Waals surface area contributed by atoms with Gasteiger partial charge in [0.05, 0.1) is 24.6 Å². The minimum absolute atomic E-state index is 0.282. The molecule has 0 fully saturated rings. The summed E-state index contributed by atoms with van der Waals surface area (Å²) >= 11 is 0. The Balaban J connectivity index is 2.50. The minimum atomic E-state index is 0.282. The van der Waals surface area contributed by atoms with Crippen LogP contribution in [0.5, 0.6) is 0 Å². The van der Waals surface area contributed by atoms with Crippen LogP contribution in [0.15, 0.2) is 0 Å². The highest BCUT2D eigenvalue weighted by Gasteiger charge is 2.16. The maximum Gasteiger partial charge on any atom is 0.220 e. The van der Waals surface area contributed by atoms with Crippen LogP contribution in [-0.4, -0.2) is 16.6 Å². The number of nitrogens with zero attached hydrogens (tertiary/aromatic N) is 2. The third-order valence-electron chi connectivity index (χ3n) is 2.12. The Labute approximate surface area is 76.1 Å². The van der Waals surface area contributed by atoms with Gasteiger partial charge in [0, 0.05) is 12.1 Å². The zero-order chi connectivity index (χ0) is 9.26. The molecule has 0 atom stereocenters. The van der Waals surface area contributed by atoms with Gasteiger partial charge in [-0.25, -0.2) is 9.97 Å². The molecule has 0 saturated carbocycles. The topological polar surface area (TPSA) is 87.0 Å². The molecule has 0 unspecified atom stereocenters. The summed E-state index contributed by atoms with van der Waals surface area (Å²) in [4.78, 5) is 8.20. The number of ether oxygens (including phenoxy) is 1. The van der Waals surface area contributed by atoms with Gasteiger partial charge in [-0.1, -0.05) is 0 Å². The van der Waals surface area contributed by atoms with Gasteiger partial charge in [0.25, 0.3) is 0 Å². The summed E-state index contributed by atoms with van der Waals surface area (Å²) in [6.07, 6.45) is 0.835. The zero-order valence-corrected chi connectivity index (χ0v) is 7.29. The molecule has 0 aromatic carbocycles. The molecular formula is C8H12N4O. The van der Waals surface area contributed by atoms with Crippen LogP contribution in [0.3, 0.4) is 0 Å². The van der Waals surface area contributed by atoms with Crippen LogP contribution >= 0.6 is 0 Å². The van der Waals surface area contributed by atoms with E-state index in [4.69, 9.17) is 16.2 Å². The monoisotopic (exact) mass is 180 g/mol. The molecular weight excluding hydrogens is 168 g/mol. The minimum Gasteiger partial charge on any atom is -0.375 e. The lowest BCUT2D eigenvalue weighted by molar-refractivity contribution is 0.107. The summed E-state index contributed by atoms with van der Waals surface area (Å²) in [6, 6.07) is 0. The Morgan fingerprint density at radius 3 is 3.00 bits per heavy atom. The van der Waals surface area contributed by atoms with Crippen molar-refractivity contribution in [3.8, 4) is 0 Å². The van der Waals surface area contributed by atoms with E-state index in [1.165, 1.54) is 0 Å². The molecule has 0 aliphatic carbocycles. The molecule has 0 saturated heterocycles. The van der Waals surface area contributed by atoms with E-state index >= 15 is 0 Å². The van der Waals surface area contributed by atoms with Crippen LogP contribution in [-0.2, 0) is 24.3 Å². The van der Waals surface area contributed by atoms with E-state index in [9.17, 15) is 0 Å². The average Bonchev–Trinajstić information content (AvgIpc) is 2.16. The van der Waals surface area contributed by atoms with Gasteiger partial charge in [0.1, 0.15) is 0 Å². The maximum absolute atomic E-state index is 5.56. The molecule has 5 heteroatoms. The third kappa shape index (κ3) is 1.48. The number of hydrogen-bond donors (Lipinski definition) is 2. The first-order chi connectivity index (χ1) is 6.31. The second-order valence-electron chi connectivity index (χ2n) is 2.96. The van der Waals surface area contributed by atoms with Crippen molar-refractivity contribution in [1.29, 1.82) is 0 Å². The molecule has 0 radical (unpaired) electrons. The van der Waals surface area contributed by atoms with Crippen LogP contribution in [0, 0.1) is 0 Å². The number of hydrogen-bond acceptors (Lipinski definition) is 5. The molecule has 0 bridgehead atoms. The molecule has 5 nitrogen and oxygen atoms in total. The van der Waals surface area contributed by atoms with Crippen LogP contribution in [0.25, 0.3) is 0 Å². The van der Waals surface area contributed by atoms with E-state index in [1.807, 2.05) is 0 Å². The van der Waals surface area contributed by atoms with E-state index in [0.717, 1.165) is 23.4 Å². The summed E-state index contributed by atoms with van der Waals surface area (Å²) in [5.74, 6) is 0.282. The van der Waals surface area contributed by atoms with Gasteiger partial charge in [-0.3, -0.25) is 0 Å². The summed E-state index contributed by atoms with van der Waals surface area (Å²) < 4.78 is 5.26. The van der Waals surface area contributed by atoms with Crippen molar-refractivity contribution in [2.24, 2.45) is 5.73 Å². The quantitative estimate of drug-likeness (QED) is 0.613. The molecule has 2 heterocycles. The second kappa shape index (κ2) is 3.27. The van der Waals surface area contributed by atoms with Crippen molar-refractivity contribution >= 4 is 5.95 Å². The van der Waals surface area contributed by atoms with Gasteiger partial charge in [0.15, 0.2) is 0 Å². The zero-order valence-electron chi connectivity index (χ0n) is 7.29. The molecule has 1 aliphatic heterocycles. The first-order valence-electron chi connectivity index (χ1n) is 4.23. The number of anilines is 1. The Morgan fingerprint density at radius 1 is 1.38 bits per heavy atom. The summed E-state index contributed by atoms with van der Waals surface area (Å²) in [7, 11) is 0. The lowest BCUT2D eigenvalue weighted by Crippen LogP contribution is -2.18. The first-order valence-corrected chi connectivity index (χ1v) is 4.23. The van der Waals surface area contributed by atoms with Gasteiger partial charge in [-0.05, 0) is 6.42 Å². The van der Waals surface area contributed by atoms with Crippen LogP contribution in [0.4, 0.5) is 5.95 Å². The first kappa shape index (κ1) is 8.40. The lowest BCUT2D eigenvalue weighted by Gasteiger charge is -2.17. The van der Waals surface area contributed by atoms with Gasteiger partial charge >= 0.3 is 0 Å². The van der Waals surface area contributed by atoms with Gasteiger partial charge in [-0.15, -0.1) is 0 Å². The van der Waals surface area contributed by atoms with Crippen LogP contribution in [0.2, 0.25) is 0 Å². The van der Waals surface area contributed by atoms with E-state index < -0.39 is 0 Å². The molecule has 0 spiro atoms. The Morgan fingerprint density at radius 2 is 2.23 bits per heavy atom. The van der Waals surface area contributed by atoms with Crippen molar-refractivity contribution in [2.45, 2.75) is 19.6 Å². The van der Waals surface area contributed by atoms with Gasteiger partial charge < -0.3 is 16.2 Å². The van der Waals surface area contributed by atoms with Crippen molar-refractivity contribution in [3.63, 3.8) is 0 Å². The Bertz CT molecular complexity index is 309. The summed E-state index contributed by atoms with van der Waals surface area (Å²) in [5.41, 5.74) is 13.9. The molecule has 2 rings (SSSR count). The van der Waals surface area contributed by atoms with Gasteiger partial charge in [0.2, 0.25) is 5.95 Å². The van der Waals surface area contributed by atoms with Crippen molar-refractivity contribution in [2.75, 3.05) is 12.3 Å². The largest absolute Gasteiger partial charge is 0.375 e. The number of aromatic nitrogens is 2. The molecule has 1 aromatic heterocycles. The van der Waals surface area contributed by atoms with Crippen molar-refractivity contribution < 1.29 is 4.74 Å². The molecule has 1 aromatic rings. The third-order valence-corrected chi connectivity index (χ3v) is 2.12. The predicted molar refractivity (Wildman–Crippen MR) is 47.7 cm³/mol. The smallest absolute Gasteiger partial charge is 0.220 e. The number of rotatable bonds is 1. The fraction of sp³-hybridized carbons (Fsp3) is 0.500. The van der Waals surface area contributed by atoms with Crippen molar-refractivity contribution in [1.82, 2.24) is 9.97 Å². The number of nitrogens with two attached hydrogens (primary N) is 2. The number of fused-ring (bicyclic) bond motifs is 1. The van der Waals surface area contributed by atoms with E-state index in [-0.39, 0.29) is 5.95 Å². The second-order valence-corrected chi connectivity index (χ2v) is 2.96. The highest BCUT2D eigenvalue weighted by molar-refractivity contribution is 5.32. The SMILES string of the molecule is NCc1nc(N)nc2c1CCOC2. The highest BCUT2D eigenvalue weighted by Crippen LogP contribution is 2.18. The molecule has 4 N–H and O–H groups in total. The summed E-state index contributed by atoms with van der Waals surface area (Å²) in [6.45, 7) is 1.65. The van der Waals surface area contributed by atoms with E-state index in [2.05, 4.69) is 9.97 Å². The standard InChI is InChI=1S/C8H12N4O/c9-3-6-5-1-2-13-4-7(5)12-8(10)11-6/h1-4,9H2,(H2,10,11,12). The van der Waals surface area contributed by atoms with Crippen molar-refractivity contribution in [3.05, 3.63) is 17.0 Å². The molecule has 1 aliphatic rings.